The molecule has 1 N–H and O–H groups in total. The van der Waals surface area contributed by atoms with Gasteiger partial charge in [0, 0.05) is 25.0 Å². The van der Waals surface area contributed by atoms with E-state index in [1.807, 2.05) is 0 Å². The molecule has 1 aliphatic heterocycles. The largest absolute Gasteiger partial charge is 0.338 e. The van der Waals surface area contributed by atoms with E-state index < -0.39 is 0 Å². The minimum Gasteiger partial charge on any atom is -0.338 e. The van der Waals surface area contributed by atoms with E-state index in [0.717, 1.165) is 45.3 Å². The van der Waals surface area contributed by atoms with E-state index in [4.69, 9.17) is 0 Å². The summed E-state index contributed by atoms with van der Waals surface area (Å²) in [6, 6.07) is 0.426. The molecule has 1 rings (SSSR count). The number of piperidine rings is 1. The van der Waals surface area contributed by atoms with Gasteiger partial charge in [0.1, 0.15) is 0 Å². The fourth-order valence-corrected chi connectivity index (χ4v) is 2.65. The molecule has 1 amide bonds. The van der Waals surface area contributed by atoms with Crippen molar-refractivity contribution in [3.8, 4) is 0 Å². The first kappa shape index (κ1) is 14.5. The third-order valence-electron chi connectivity index (χ3n) is 3.60. The first-order valence-electron chi connectivity index (χ1n) is 7.21. The molecule has 100 valence electrons. The zero-order valence-corrected chi connectivity index (χ0v) is 11.7. The second-order valence-electron chi connectivity index (χ2n) is 5.22. The Balaban J connectivity index is 2.59. The van der Waals surface area contributed by atoms with E-state index in [9.17, 15) is 4.79 Å². The molecule has 3 nitrogen and oxygen atoms in total. The number of carbonyl (C=O) groups is 1. The van der Waals surface area contributed by atoms with Crippen LogP contribution >= 0.6 is 0 Å². The number of hydrogen-bond acceptors (Lipinski definition) is 2. The second kappa shape index (κ2) is 7.70. The van der Waals surface area contributed by atoms with Crippen LogP contribution in [0.2, 0.25) is 0 Å². The summed E-state index contributed by atoms with van der Waals surface area (Å²) in [4.78, 5) is 14.6. The predicted molar refractivity (Wildman–Crippen MR) is 72.0 cm³/mol. The summed E-state index contributed by atoms with van der Waals surface area (Å²) in [5.41, 5.74) is 0. The molecule has 0 saturated carbocycles. The van der Waals surface area contributed by atoms with Crippen LogP contribution in [-0.4, -0.2) is 36.5 Å². The summed E-state index contributed by atoms with van der Waals surface area (Å²) in [6.45, 7) is 9.38. The Bertz CT molecular complexity index is 224. The Kier molecular flexibility index (Phi) is 6.56. The maximum absolute atomic E-state index is 12.4. The topological polar surface area (TPSA) is 32.3 Å². The molecule has 2 unspecified atom stereocenters. The third kappa shape index (κ3) is 4.30. The van der Waals surface area contributed by atoms with Gasteiger partial charge >= 0.3 is 0 Å². The van der Waals surface area contributed by atoms with Gasteiger partial charge in [0.25, 0.3) is 0 Å². The van der Waals surface area contributed by atoms with Crippen LogP contribution in [0.3, 0.4) is 0 Å². The van der Waals surface area contributed by atoms with E-state index in [0.29, 0.717) is 11.9 Å². The minimum atomic E-state index is 0.188. The molecule has 1 saturated heterocycles. The van der Waals surface area contributed by atoms with Crippen LogP contribution in [0.25, 0.3) is 0 Å². The Hall–Kier alpha value is -0.570. The summed E-state index contributed by atoms with van der Waals surface area (Å²) in [7, 11) is 0. The lowest BCUT2D eigenvalue weighted by atomic mass is 10.00. The molecule has 0 radical (unpaired) electrons. The highest BCUT2D eigenvalue weighted by Crippen LogP contribution is 2.17. The number of carbonyl (C=O) groups excluding carboxylic acids is 1. The van der Waals surface area contributed by atoms with Crippen molar-refractivity contribution in [2.75, 3.05) is 19.6 Å². The monoisotopic (exact) mass is 240 g/mol. The van der Waals surface area contributed by atoms with Gasteiger partial charge in [-0.05, 0) is 32.2 Å². The van der Waals surface area contributed by atoms with E-state index in [2.05, 4.69) is 31.0 Å². The van der Waals surface area contributed by atoms with Crippen molar-refractivity contribution in [2.45, 2.75) is 58.9 Å². The number of amides is 1. The Labute approximate surface area is 106 Å². The van der Waals surface area contributed by atoms with E-state index in [1.54, 1.807) is 0 Å². The Morgan fingerprint density at radius 1 is 1.41 bits per heavy atom. The van der Waals surface area contributed by atoms with Crippen molar-refractivity contribution in [1.82, 2.24) is 10.2 Å². The van der Waals surface area contributed by atoms with Crippen molar-refractivity contribution in [2.24, 2.45) is 5.92 Å². The van der Waals surface area contributed by atoms with Crippen molar-refractivity contribution in [1.29, 1.82) is 0 Å². The van der Waals surface area contributed by atoms with Gasteiger partial charge in [-0.2, -0.15) is 0 Å². The summed E-state index contributed by atoms with van der Waals surface area (Å²) < 4.78 is 0. The van der Waals surface area contributed by atoms with Gasteiger partial charge in [0.15, 0.2) is 0 Å². The predicted octanol–water partition coefficient (Wildman–Crippen LogP) is 2.41. The van der Waals surface area contributed by atoms with Crippen LogP contribution in [-0.2, 0) is 4.79 Å². The molecular weight excluding hydrogens is 212 g/mol. The summed E-state index contributed by atoms with van der Waals surface area (Å²) in [6.07, 6.45) is 5.52. The van der Waals surface area contributed by atoms with E-state index >= 15 is 0 Å². The smallest absolute Gasteiger partial charge is 0.225 e. The maximum atomic E-state index is 12.4. The Morgan fingerprint density at radius 3 is 2.71 bits per heavy atom. The SMILES string of the molecule is CCCC(C)C(=O)N(CCC)C1CCCNC1. The highest BCUT2D eigenvalue weighted by atomic mass is 16.2. The molecule has 0 bridgehead atoms. The van der Waals surface area contributed by atoms with Crippen molar-refractivity contribution >= 4 is 5.91 Å². The van der Waals surface area contributed by atoms with Crippen molar-refractivity contribution in [3.63, 3.8) is 0 Å². The molecule has 0 aliphatic carbocycles. The lowest BCUT2D eigenvalue weighted by Crippen LogP contribution is -2.50. The second-order valence-corrected chi connectivity index (χ2v) is 5.22. The summed E-state index contributed by atoms with van der Waals surface area (Å²) in [5, 5.41) is 3.41. The van der Waals surface area contributed by atoms with Gasteiger partial charge in [-0.15, -0.1) is 0 Å². The average molecular weight is 240 g/mol. The summed E-state index contributed by atoms with van der Waals surface area (Å²) in [5.74, 6) is 0.552. The molecule has 0 aromatic rings. The van der Waals surface area contributed by atoms with Crippen LogP contribution in [0, 0.1) is 5.92 Å². The molecule has 1 heterocycles. The van der Waals surface area contributed by atoms with Gasteiger partial charge < -0.3 is 10.2 Å². The Morgan fingerprint density at radius 2 is 2.18 bits per heavy atom. The average Bonchev–Trinajstić information content (AvgIpc) is 2.36. The van der Waals surface area contributed by atoms with E-state index in [-0.39, 0.29) is 5.92 Å². The lowest BCUT2D eigenvalue weighted by Gasteiger charge is -2.36. The first-order chi connectivity index (χ1) is 8.20. The van der Waals surface area contributed by atoms with Gasteiger partial charge in [-0.25, -0.2) is 0 Å². The number of rotatable bonds is 6. The lowest BCUT2D eigenvalue weighted by molar-refractivity contribution is -0.138. The minimum absolute atomic E-state index is 0.188. The fourth-order valence-electron chi connectivity index (χ4n) is 2.65. The first-order valence-corrected chi connectivity index (χ1v) is 7.21. The van der Waals surface area contributed by atoms with Crippen molar-refractivity contribution < 1.29 is 4.79 Å². The van der Waals surface area contributed by atoms with E-state index in [1.165, 1.54) is 6.42 Å². The van der Waals surface area contributed by atoms with Crippen molar-refractivity contribution in [3.05, 3.63) is 0 Å². The van der Waals surface area contributed by atoms with Crippen LogP contribution in [0.15, 0.2) is 0 Å². The number of hydrogen-bond donors (Lipinski definition) is 1. The molecule has 17 heavy (non-hydrogen) atoms. The zero-order valence-electron chi connectivity index (χ0n) is 11.7. The highest BCUT2D eigenvalue weighted by molar-refractivity contribution is 5.78. The van der Waals surface area contributed by atoms with Crippen LogP contribution in [0.1, 0.15) is 52.9 Å². The normalized spacial score (nSPS) is 22.2. The quantitative estimate of drug-likeness (QED) is 0.773. The maximum Gasteiger partial charge on any atom is 0.225 e. The van der Waals surface area contributed by atoms with Crippen LogP contribution < -0.4 is 5.32 Å². The van der Waals surface area contributed by atoms with Gasteiger partial charge in [-0.3, -0.25) is 4.79 Å². The molecule has 0 aromatic carbocycles. The molecule has 1 aliphatic rings. The third-order valence-corrected chi connectivity index (χ3v) is 3.60. The van der Waals surface area contributed by atoms with Crippen LogP contribution in [0.5, 0.6) is 0 Å². The summed E-state index contributed by atoms with van der Waals surface area (Å²) >= 11 is 0. The fraction of sp³-hybridized carbons (Fsp3) is 0.929. The molecule has 0 spiro atoms. The molecule has 0 aromatic heterocycles. The zero-order chi connectivity index (χ0) is 12.7. The number of nitrogens with one attached hydrogen (secondary N) is 1. The molecule has 1 fully saturated rings. The molecular formula is C14H28N2O. The van der Waals surface area contributed by atoms with Gasteiger partial charge in [0.05, 0.1) is 0 Å². The van der Waals surface area contributed by atoms with Gasteiger partial charge in [-0.1, -0.05) is 27.2 Å². The van der Waals surface area contributed by atoms with Crippen LogP contribution in [0.4, 0.5) is 0 Å². The molecule has 3 heteroatoms. The molecule has 2 atom stereocenters. The standard InChI is InChI=1S/C14H28N2O/c1-4-7-12(3)14(17)16(10-5-2)13-8-6-9-15-11-13/h12-13,15H,4-11H2,1-3H3. The highest BCUT2D eigenvalue weighted by Gasteiger charge is 2.27. The number of nitrogens with zero attached hydrogens (tertiary/aromatic N) is 1. The van der Waals surface area contributed by atoms with Gasteiger partial charge in [0.2, 0.25) is 5.91 Å².